The van der Waals surface area contributed by atoms with E-state index in [0.29, 0.717) is 0 Å². The highest BCUT2D eigenvalue weighted by molar-refractivity contribution is 5.80. The molecule has 0 spiro atoms. The maximum absolute atomic E-state index is 13.4. The maximum Gasteiger partial charge on any atom is 0.131 e. The van der Waals surface area contributed by atoms with E-state index in [4.69, 9.17) is 5.73 Å². The quantitative estimate of drug-likeness (QED) is 0.674. The largest absolute Gasteiger partial charge is 0.387 e. The molecule has 2 aromatic rings. The molecule has 0 aliphatic rings. The zero-order chi connectivity index (χ0) is 10.1. The molecule has 4 heteroatoms. The molecule has 4 N–H and O–H groups in total. The molecule has 3 nitrogen and oxygen atoms in total. The number of aromatic amines is 1. The van der Waals surface area contributed by atoms with E-state index in [9.17, 15) is 9.50 Å². The second-order valence-electron chi connectivity index (χ2n) is 3.19. The Morgan fingerprint density at radius 1 is 1.50 bits per heavy atom. The van der Waals surface area contributed by atoms with Crippen LogP contribution in [-0.2, 0) is 0 Å². The summed E-state index contributed by atoms with van der Waals surface area (Å²) in [6.07, 6.45) is 0.789. The van der Waals surface area contributed by atoms with E-state index in [-0.39, 0.29) is 12.1 Å². The molecule has 1 aromatic heterocycles. The summed E-state index contributed by atoms with van der Waals surface area (Å²) in [6, 6.07) is 4.80. The summed E-state index contributed by atoms with van der Waals surface area (Å²) < 4.78 is 13.4. The summed E-state index contributed by atoms with van der Waals surface area (Å²) in [7, 11) is 0. The zero-order valence-electron chi connectivity index (χ0n) is 7.50. The average molecular weight is 194 g/mol. The number of nitrogens with two attached hydrogens (primary N) is 1. The van der Waals surface area contributed by atoms with Gasteiger partial charge in [0.1, 0.15) is 5.82 Å². The van der Waals surface area contributed by atoms with Gasteiger partial charge < -0.3 is 15.8 Å². The highest BCUT2D eigenvalue weighted by atomic mass is 19.1. The van der Waals surface area contributed by atoms with E-state index in [1.807, 2.05) is 6.07 Å². The van der Waals surface area contributed by atoms with E-state index in [2.05, 4.69) is 4.98 Å². The Hall–Kier alpha value is -1.39. The van der Waals surface area contributed by atoms with Crippen LogP contribution in [0, 0.1) is 5.82 Å². The molecular weight excluding hydrogens is 183 g/mol. The minimum Gasteiger partial charge on any atom is -0.387 e. The van der Waals surface area contributed by atoms with Gasteiger partial charge in [-0.3, -0.25) is 0 Å². The van der Waals surface area contributed by atoms with Gasteiger partial charge in [-0.25, -0.2) is 4.39 Å². The molecule has 1 unspecified atom stereocenters. The van der Waals surface area contributed by atoms with Crippen LogP contribution in [-0.4, -0.2) is 16.6 Å². The average Bonchev–Trinajstić information content (AvgIpc) is 2.62. The maximum atomic E-state index is 13.4. The third-order valence-electron chi connectivity index (χ3n) is 2.25. The number of halogens is 1. The molecule has 0 amide bonds. The van der Waals surface area contributed by atoms with E-state index in [1.165, 1.54) is 6.07 Å². The van der Waals surface area contributed by atoms with Crippen LogP contribution >= 0.6 is 0 Å². The standard InChI is InChI=1S/C10H11FN2O/c11-8-4-9-6(1-2-13-9)3-7(8)10(14)5-12/h1-4,10,13-14H,5,12H2. The smallest absolute Gasteiger partial charge is 0.131 e. The van der Waals surface area contributed by atoms with Crippen LogP contribution in [0.5, 0.6) is 0 Å². The minimum atomic E-state index is -0.936. The molecule has 74 valence electrons. The summed E-state index contributed by atoms with van der Waals surface area (Å²) >= 11 is 0. The predicted molar refractivity (Wildman–Crippen MR) is 52.3 cm³/mol. The van der Waals surface area contributed by atoms with Crippen molar-refractivity contribution in [2.45, 2.75) is 6.10 Å². The molecule has 0 fully saturated rings. The van der Waals surface area contributed by atoms with Crippen molar-refractivity contribution in [3.63, 3.8) is 0 Å². The van der Waals surface area contributed by atoms with Gasteiger partial charge in [-0.2, -0.15) is 0 Å². The molecule has 0 saturated carbocycles. The number of H-pyrrole nitrogens is 1. The lowest BCUT2D eigenvalue weighted by atomic mass is 10.1. The normalized spacial score (nSPS) is 13.4. The van der Waals surface area contributed by atoms with Crippen molar-refractivity contribution in [2.75, 3.05) is 6.54 Å². The minimum absolute atomic E-state index is 0.0207. The monoisotopic (exact) mass is 194 g/mol. The molecule has 14 heavy (non-hydrogen) atoms. The van der Waals surface area contributed by atoms with Gasteiger partial charge in [0.15, 0.2) is 0 Å². The Morgan fingerprint density at radius 2 is 2.29 bits per heavy atom. The van der Waals surface area contributed by atoms with Crippen molar-refractivity contribution in [3.8, 4) is 0 Å². The number of hydrogen-bond acceptors (Lipinski definition) is 2. The Balaban J connectivity index is 2.58. The van der Waals surface area contributed by atoms with Gasteiger partial charge >= 0.3 is 0 Å². The number of nitrogens with one attached hydrogen (secondary N) is 1. The van der Waals surface area contributed by atoms with E-state index >= 15 is 0 Å². The molecule has 1 heterocycles. The van der Waals surface area contributed by atoms with Gasteiger partial charge in [-0.05, 0) is 23.6 Å². The summed E-state index contributed by atoms with van der Waals surface area (Å²) in [5.74, 6) is -0.432. The van der Waals surface area contributed by atoms with Crippen LogP contribution in [0.25, 0.3) is 10.9 Å². The Kier molecular flexibility index (Phi) is 2.23. The number of aliphatic hydroxyl groups excluding tert-OH is 1. The first-order chi connectivity index (χ1) is 6.72. The lowest BCUT2D eigenvalue weighted by Crippen LogP contribution is -2.12. The zero-order valence-corrected chi connectivity index (χ0v) is 7.50. The highest BCUT2D eigenvalue weighted by Crippen LogP contribution is 2.22. The SMILES string of the molecule is NCC(O)c1cc2cc[nH]c2cc1F. The van der Waals surface area contributed by atoms with Crippen molar-refractivity contribution >= 4 is 10.9 Å². The number of rotatable bonds is 2. The first kappa shape index (κ1) is 9.18. The highest BCUT2D eigenvalue weighted by Gasteiger charge is 2.12. The first-order valence-electron chi connectivity index (χ1n) is 4.37. The number of aliphatic hydroxyl groups is 1. The van der Waals surface area contributed by atoms with E-state index in [0.717, 1.165) is 10.9 Å². The van der Waals surface area contributed by atoms with Crippen LogP contribution in [0.4, 0.5) is 4.39 Å². The Morgan fingerprint density at radius 3 is 3.00 bits per heavy atom. The molecule has 0 aliphatic carbocycles. The van der Waals surface area contributed by atoms with Crippen molar-refractivity contribution < 1.29 is 9.50 Å². The summed E-state index contributed by atoms with van der Waals surface area (Å²) in [5, 5.41) is 10.3. The van der Waals surface area contributed by atoms with Gasteiger partial charge in [0.2, 0.25) is 0 Å². The number of benzene rings is 1. The molecule has 1 atom stereocenters. The third-order valence-corrected chi connectivity index (χ3v) is 2.25. The van der Waals surface area contributed by atoms with Crippen molar-refractivity contribution in [1.29, 1.82) is 0 Å². The topological polar surface area (TPSA) is 62.0 Å². The fourth-order valence-corrected chi connectivity index (χ4v) is 1.47. The van der Waals surface area contributed by atoms with Crippen LogP contribution < -0.4 is 5.73 Å². The summed E-state index contributed by atoms with van der Waals surface area (Å²) in [6.45, 7) is 0.0207. The van der Waals surface area contributed by atoms with Gasteiger partial charge in [0.25, 0.3) is 0 Å². The summed E-state index contributed by atoms with van der Waals surface area (Å²) in [5.41, 5.74) is 6.24. The van der Waals surface area contributed by atoms with Crippen LogP contribution in [0.3, 0.4) is 0 Å². The molecule has 0 aliphatic heterocycles. The van der Waals surface area contributed by atoms with Crippen molar-refractivity contribution in [1.82, 2.24) is 4.98 Å². The number of fused-ring (bicyclic) bond motifs is 1. The lowest BCUT2D eigenvalue weighted by Gasteiger charge is -2.09. The van der Waals surface area contributed by atoms with Crippen LogP contribution in [0.15, 0.2) is 24.4 Å². The first-order valence-corrected chi connectivity index (χ1v) is 4.37. The summed E-state index contributed by atoms with van der Waals surface area (Å²) in [4.78, 5) is 2.89. The second-order valence-corrected chi connectivity index (χ2v) is 3.19. The van der Waals surface area contributed by atoms with Gasteiger partial charge in [-0.15, -0.1) is 0 Å². The van der Waals surface area contributed by atoms with E-state index in [1.54, 1.807) is 12.3 Å². The molecular formula is C10H11FN2O. The van der Waals surface area contributed by atoms with E-state index < -0.39 is 11.9 Å². The van der Waals surface area contributed by atoms with Gasteiger partial charge in [-0.1, -0.05) is 0 Å². The second kappa shape index (κ2) is 3.40. The fraction of sp³-hybridized carbons (Fsp3) is 0.200. The molecule has 0 bridgehead atoms. The van der Waals surface area contributed by atoms with Crippen molar-refractivity contribution in [2.24, 2.45) is 5.73 Å². The van der Waals surface area contributed by atoms with Gasteiger partial charge in [0, 0.05) is 23.8 Å². The van der Waals surface area contributed by atoms with Crippen LogP contribution in [0.2, 0.25) is 0 Å². The number of aromatic nitrogens is 1. The number of hydrogen-bond donors (Lipinski definition) is 3. The molecule has 2 rings (SSSR count). The molecule has 0 saturated heterocycles. The molecule has 0 radical (unpaired) electrons. The molecule has 1 aromatic carbocycles. The van der Waals surface area contributed by atoms with Gasteiger partial charge in [0.05, 0.1) is 6.10 Å². The Labute approximate surface area is 80.4 Å². The third kappa shape index (κ3) is 1.38. The fourth-order valence-electron chi connectivity index (χ4n) is 1.47. The Bertz CT molecular complexity index is 452. The lowest BCUT2D eigenvalue weighted by molar-refractivity contribution is 0.182. The predicted octanol–water partition coefficient (Wildman–Crippen LogP) is 1.30. The van der Waals surface area contributed by atoms with Crippen molar-refractivity contribution in [3.05, 3.63) is 35.8 Å². The van der Waals surface area contributed by atoms with Crippen LogP contribution in [0.1, 0.15) is 11.7 Å².